The van der Waals surface area contributed by atoms with Crippen molar-refractivity contribution in [2.75, 3.05) is 12.4 Å². The maximum absolute atomic E-state index is 13.3. The Balaban J connectivity index is 1.92. The van der Waals surface area contributed by atoms with E-state index in [0.29, 0.717) is 11.3 Å². The van der Waals surface area contributed by atoms with E-state index in [0.717, 1.165) is 0 Å². The van der Waals surface area contributed by atoms with Gasteiger partial charge in [-0.2, -0.15) is 0 Å². The molecule has 2 amide bonds. The smallest absolute Gasteiger partial charge is 0.272 e. The number of benzene rings is 3. The molecular weight excluding hydrogens is 415 g/mol. The predicted octanol–water partition coefficient (Wildman–Crippen LogP) is 2.61. The number of nitrogens with one attached hydrogen (secondary N) is 2. The van der Waals surface area contributed by atoms with Crippen molar-refractivity contribution in [1.82, 2.24) is 5.32 Å². The van der Waals surface area contributed by atoms with Gasteiger partial charge in [0.05, 0.1) is 18.6 Å². The molecule has 3 rings (SSSR count). The molecule has 0 unspecified atom stereocenters. The van der Waals surface area contributed by atoms with Gasteiger partial charge >= 0.3 is 0 Å². The van der Waals surface area contributed by atoms with Crippen molar-refractivity contribution in [3.8, 4) is 5.75 Å². The minimum atomic E-state index is -1.40. The SMILES string of the molecule is COc1ccccc1C(=O)N/C(=C/c1ccc(F)cc1)C(=O)Nc1cccc(C(=O)[O-])c1. The fourth-order valence-corrected chi connectivity index (χ4v) is 2.83. The third-order valence-corrected chi connectivity index (χ3v) is 4.38. The third-order valence-electron chi connectivity index (χ3n) is 4.38. The molecule has 3 aromatic carbocycles. The molecule has 0 aromatic heterocycles. The first-order chi connectivity index (χ1) is 15.4. The topological polar surface area (TPSA) is 108 Å². The van der Waals surface area contributed by atoms with Crippen LogP contribution in [0.25, 0.3) is 6.08 Å². The third kappa shape index (κ3) is 5.57. The lowest BCUT2D eigenvalue weighted by Crippen LogP contribution is -2.31. The molecule has 0 atom stereocenters. The Morgan fingerprint density at radius 3 is 2.38 bits per heavy atom. The minimum Gasteiger partial charge on any atom is -0.545 e. The Morgan fingerprint density at radius 2 is 1.69 bits per heavy atom. The van der Waals surface area contributed by atoms with Crippen LogP contribution in [-0.4, -0.2) is 24.9 Å². The molecule has 2 N–H and O–H groups in total. The summed E-state index contributed by atoms with van der Waals surface area (Å²) in [5.41, 5.74) is 0.580. The lowest BCUT2D eigenvalue weighted by atomic mass is 10.1. The van der Waals surface area contributed by atoms with Gasteiger partial charge < -0.3 is 25.3 Å². The number of carboxylic acids is 1. The second-order valence-corrected chi connectivity index (χ2v) is 6.59. The van der Waals surface area contributed by atoms with E-state index in [4.69, 9.17) is 4.74 Å². The van der Waals surface area contributed by atoms with Crippen LogP contribution < -0.4 is 20.5 Å². The van der Waals surface area contributed by atoms with Gasteiger partial charge in [0.2, 0.25) is 0 Å². The Kier molecular flexibility index (Phi) is 6.97. The van der Waals surface area contributed by atoms with Gasteiger partial charge in [-0.05, 0) is 53.6 Å². The monoisotopic (exact) mass is 433 g/mol. The number of ether oxygens (including phenoxy) is 1. The maximum atomic E-state index is 13.3. The Hall–Kier alpha value is -4.46. The largest absolute Gasteiger partial charge is 0.545 e. The average Bonchev–Trinajstić information content (AvgIpc) is 2.80. The van der Waals surface area contributed by atoms with Crippen molar-refractivity contribution in [3.05, 3.63) is 101 Å². The van der Waals surface area contributed by atoms with Crippen LogP contribution in [0, 0.1) is 5.82 Å². The van der Waals surface area contributed by atoms with Crippen molar-refractivity contribution in [3.63, 3.8) is 0 Å². The van der Waals surface area contributed by atoms with Gasteiger partial charge in [-0.1, -0.05) is 36.4 Å². The van der Waals surface area contributed by atoms with Gasteiger partial charge in [-0.15, -0.1) is 0 Å². The highest BCUT2D eigenvalue weighted by molar-refractivity contribution is 6.11. The van der Waals surface area contributed by atoms with Gasteiger partial charge in [0.25, 0.3) is 11.8 Å². The van der Waals surface area contributed by atoms with Crippen LogP contribution in [0.1, 0.15) is 26.3 Å². The average molecular weight is 433 g/mol. The molecule has 0 fully saturated rings. The number of halogens is 1. The number of hydrogen-bond donors (Lipinski definition) is 2. The number of methoxy groups -OCH3 is 1. The van der Waals surface area contributed by atoms with E-state index in [1.807, 2.05) is 0 Å². The summed E-state index contributed by atoms with van der Waals surface area (Å²) in [6.07, 6.45) is 1.37. The molecule has 0 heterocycles. The lowest BCUT2D eigenvalue weighted by molar-refractivity contribution is -0.255. The summed E-state index contributed by atoms with van der Waals surface area (Å²) in [7, 11) is 1.42. The number of carbonyl (C=O) groups is 3. The molecule has 32 heavy (non-hydrogen) atoms. The van der Waals surface area contributed by atoms with E-state index in [9.17, 15) is 23.9 Å². The Labute approximate surface area is 183 Å². The van der Waals surface area contributed by atoms with E-state index in [1.165, 1.54) is 67.8 Å². The molecule has 0 radical (unpaired) electrons. The fraction of sp³-hybridized carbons (Fsp3) is 0.0417. The number of carbonyl (C=O) groups excluding carboxylic acids is 3. The molecule has 3 aromatic rings. The molecule has 0 aliphatic carbocycles. The van der Waals surface area contributed by atoms with Gasteiger partial charge in [0, 0.05) is 5.69 Å². The first-order valence-corrected chi connectivity index (χ1v) is 9.42. The number of hydrogen-bond acceptors (Lipinski definition) is 5. The van der Waals surface area contributed by atoms with Crippen LogP contribution >= 0.6 is 0 Å². The zero-order chi connectivity index (χ0) is 23.1. The Morgan fingerprint density at radius 1 is 0.969 bits per heavy atom. The van der Waals surface area contributed by atoms with E-state index < -0.39 is 23.6 Å². The molecule has 8 heteroatoms. The molecule has 0 saturated carbocycles. The summed E-state index contributed by atoms with van der Waals surface area (Å²) in [5, 5.41) is 16.1. The summed E-state index contributed by atoms with van der Waals surface area (Å²) >= 11 is 0. The zero-order valence-electron chi connectivity index (χ0n) is 16.9. The lowest BCUT2D eigenvalue weighted by Gasteiger charge is -2.13. The predicted molar refractivity (Wildman–Crippen MR) is 114 cm³/mol. The van der Waals surface area contributed by atoms with Crippen LogP contribution in [0.15, 0.2) is 78.5 Å². The zero-order valence-corrected chi connectivity index (χ0v) is 16.9. The molecule has 0 saturated heterocycles. The van der Waals surface area contributed by atoms with E-state index in [2.05, 4.69) is 10.6 Å². The first kappa shape index (κ1) is 22.2. The van der Waals surface area contributed by atoms with Crippen molar-refractivity contribution in [2.45, 2.75) is 0 Å². The highest BCUT2D eigenvalue weighted by Crippen LogP contribution is 2.18. The number of para-hydroxylation sites is 1. The fourth-order valence-electron chi connectivity index (χ4n) is 2.83. The number of anilines is 1. The summed E-state index contributed by atoms with van der Waals surface area (Å²) in [6, 6.07) is 17.3. The van der Waals surface area contributed by atoms with Gasteiger partial charge in [-0.25, -0.2) is 4.39 Å². The van der Waals surface area contributed by atoms with E-state index >= 15 is 0 Å². The van der Waals surface area contributed by atoms with Crippen molar-refractivity contribution < 1.29 is 28.6 Å². The normalized spacial score (nSPS) is 10.9. The number of rotatable bonds is 7. The molecule has 0 spiro atoms. The van der Waals surface area contributed by atoms with Crippen molar-refractivity contribution in [1.29, 1.82) is 0 Å². The van der Waals surface area contributed by atoms with Crippen LogP contribution in [0.5, 0.6) is 5.75 Å². The summed E-state index contributed by atoms with van der Waals surface area (Å²) in [6.45, 7) is 0. The summed E-state index contributed by atoms with van der Waals surface area (Å²) in [4.78, 5) is 36.8. The number of amides is 2. The molecule has 0 bridgehead atoms. The van der Waals surface area contributed by atoms with Gasteiger partial charge in [0.1, 0.15) is 17.3 Å². The second kappa shape index (κ2) is 10.0. The molecule has 162 valence electrons. The van der Waals surface area contributed by atoms with E-state index in [-0.39, 0.29) is 22.5 Å². The van der Waals surface area contributed by atoms with Crippen LogP contribution in [0.3, 0.4) is 0 Å². The number of aromatic carboxylic acids is 1. The van der Waals surface area contributed by atoms with Gasteiger partial charge in [-0.3, -0.25) is 9.59 Å². The second-order valence-electron chi connectivity index (χ2n) is 6.59. The quantitative estimate of drug-likeness (QED) is 0.557. The van der Waals surface area contributed by atoms with Crippen molar-refractivity contribution in [2.24, 2.45) is 0 Å². The highest BCUT2D eigenvalue weighted by atomic mass is 19.1. The van der Waals surface area contributed by atoms with Gasteiger partial charge in [0.15, 0.2) is 0 Å². The van der Waals surface area contributed by atoms with Crippen LogP contribution in [0.2, 0.25) is 0 Å². The highest BCUT2D eigenvalue weighted by Gasteiger charge is 2.18. The van der Waals surface area contributed by atoms with Crippen LogP contribution in [0.4, 0.5) is 10.1 Å². The summed E-state index contributed by atoms with van der Waals surface area (Å²) in [5.74, 6) is -2.85. The molecular formula is C24H18FN2O5-. The Bertz CT molecular complexity index is 1190. The molecule has 0 aliphatic heterocycles. The minimum absolute atomic E-state index is 0.120. The summed E-state index contributed by atoms with van der Waals surface area (Å²) < 4.78 is 18.4. The van der Waals surface area contributed by atoms with Crippen molar-refractivity contribution >= 4 is 29.5 Å². The van der Waals surface area contributed by atoms with Crippen LogP contribution in [-0.2, 0) is 4.79 Å². The first-order valence-electron chi connectivity index (χ1n) is 9.42. The van der Waals surface area contributed by atoms with E-state index in [1.54, 1.807) is 18.2 Å². The molecule has 7 nitrogen and oxygen atoms in total. The maximum Gasteiger partial charge on any atom is 0.272 e. The molecule has 0 aliphatic rings. The number of carboxylic acid groups (broad SMARTS) is 1. The standard InChI is InChI=1S/C24H19FN2O5/c1-32-21-8-3-2-7-19(21)22(28)27-20(13-15-9-11-17(25)12-10-15)23(29)26-18-6-4-5-16(14-18)24(30)31/h2-14H,1H3,(H,26,29)(H,27,28)(H,30,31)/p-1/b20-13+.